The van der Waals surface area contributed by atoms with Crippen molar-refractivity contribution in [2.45, 2.75) is 49.9 Å². The molecule has 0 radical (unpaired) electrons. The Morgan fingerprint density at radius 1 is 1.12 bits per heavy atom. The maximum absolute atomic E-state index is 13.2. The second-order valence-electron chi connectivity index (χ2n) is 6.21. The van der Waals surface area contributed by atoms with E-state index in [4.69, 9.17) is 0 Å². The molecule has 1 saturated carbocycles. The van der Waals surface area contributed by atoms with E-state index in [1.165, 1.54) is 12.1 Å². The van der Waals surface area contributed by atoms with Crippen molar-refractivity contribution in [3.8, 4) is 0 Å². The van der Waals surface area contributed by atoms with Crippen LogP contribution in [0.3, 0.4) is 0 Å². The predicted molar refractivity (Wildman–Crippen MR) is 87.4 cm³/mol. The molecule has 0 unspecified atom stereocenters. The Bertz CT molecular complexity index is 642. The molecule has 0 aromatic heterocycles. The summed E-state index contributed by atoms with van der Waals surface area (Å²) in [4.78, 5) is 23.4. The lowest BCUT2D eigenvalue weighted by Gasteiger charge is -2.28. The molecule has 0 spiro atoms. The van der Waals surface area contributed by atoms with Crippen molar-refractivity contribution in [1.82, 2.24) is 5.32 Å². The highest BCUT2D eigenvalue weighted by molar-refractivity contribution is 5.89. The van der Waals surface area contributed by atoms with E-state index in [1.54, 1.807) is 0 Å². The van der Waals surface area contributed by atoms with E-state index in [0.29, 0.717) is 0 Å². The summed E-state index contributed by atoms with van der Waals surface area (Å²) in [6.45, 7) is 0. The largest absolute Gasteiger partial charge is 0.466 e. The lowest BCUT2D eigenvalue weighted by molar-refractivity contribution is -0.266. The Morgan fingerprint density at radius 2 is 1.69 bits per heavy atom. The highest BCUT2D eigenvalue weighted by atomic mass is 19.4. The SMILES string of the molecule is COC(=O)[C@](O)(c1ccc(NC(=O)NC2CCCCC2)cc1)C(F)(F)F. The third-order valence-corrected chi connectivity index (χ3v) is 4.39. The Kier molecular flexibility index (Phi) is 6.12. The van der Waals surface area contributed by atoms with Crippen molar-refractivity contribution in [1.29, 1.82) is 0 Å². The first-order valence-electron chi connectivity index (χ1n) is 8.24. The van der Waals surface area contributed by atoms with Crippen molar-refractivity contribution in [2.24, 2.45) is 0 Å². The number of anilines is 1. The first-order valence-corrected chi connectivity index (χ1v) is 8.24. The lowest BCUT2D eigenvalue weighted by atomic mass is 9.93. The van der Waals surface area contributed by atoms with Crippen LogP contribution in [0.1, 0.15) is 37.7 Å². The molecule has 3 N–H and O–H groups in total. The molecule has 9 heteroatoms. The number of hydrogen-bond donors (Lipinski definition) is 3. The van der Waals surface area contributed by atoms with Gasteiger partial charge in [0.1, 0.15) is 0 Å². The van der Waals surface area contributed by atoms with Gasteiger partial charge in [-0.3, -0.25) is 0 Å². The van der Waals surface area contributed by atoms with Crippen molar-refractivity contribution in [3.63, 3.8) is 0 Å². The highest BCUT2D eigenvalue weighted by Crippen LogP contribution is 2.40. The number of esters is 1. The summed E-state index contributed by atoms with van der Waals surface area (Å²) < 4.78 is 43.6. The monoisotopic (exact) mass is 374 g/mol. The van der Waals surface area contributed by atoms with Crippen molar-refractivity contribution in [3.05, 3.63) is 29.8 Å². The molecule has 0 bridgehead atoms. The van der Waals surface area contributed by atoms with Crippen LogP contribution in [-0.4, -0.2) is 36.4 Å². The van der Waals surface area contributed by atoms with E-state index >= 15 is 0 Å². The molecule has 1 atom stereocenters. The summed E-state index contributed by atoms with van der Waals surface area (Å²) in [6, 6.07) is 3.81. The minimum Gasteiger partial charge on any atom is -0.466 e. The van der Waals surface area contributed by atoms with Crippen LogP contribution in [0.15, 0.2) is 24.3 Å². The van der Waals surface area contributed by atoms with Crippen LogP contribution >= 0.6 is 0 Å². The molecular formula is C17H21F3N2O4. The van der Waals surface area contributed by atoms with Crippen molar-refractivity contribution in [2.75, 3.05) is 12.4 Å². The maximum atomic E-state index is 13.2. The van der Waals surface area contributed by atoms with Gasteiger partial charge in [-0.15, -0.1) is 0 Å². The standard InChI is InChI=1S/C17H21F3N2O4/c1-26-14(23)16(25,17(18,19)20)11-7-9-13(10-8-11)22-15(24)21-12-5-3-2-4-6-12/h7-10,12,25H,2-6H2,1H3,(H2,21,22,24)/t16-/m1/s1. The van der Waals surface area contributed by atoms with Gasteiger partial charge in [-0.05, 0) is 25.0 Å². The molecule has 1 aliphatic carbocycles. The molecule has 2 rings (SSSR count). The molecule has 1 aromatic carbocycles. The maximum Gasteiger partial charge on any atom is 0.432 e. The van der Waals surface area contributed by atoms with Gasteiger partial charge in [-0.2, -0.15) is 13.2 Å². The van der Waals surface area contributed by atoms with Crippen LogP contribution < -0.4 is 10.6 Å². The van der Waals surface area contributed by atoms with E-state index in [-0.39, 0.29) is 11.7 Å². The summed E-state index contributed by atoms with van der Waals surface area (Å²) in [5.74, 6) is -1.83. The summed E-state index contributed by atoms with van der Waals surface area (Å²) in [5, 5.41) is 15.2. The number of methoxy groups -OCH3 is 1. The van der Waals surface area contributed by atoms with Crippen molar-refractivity contribution < 1.29 is 32.6 Å². The summed E-state index contributed by atoms with van der Waals surface area (Å²) >= 11 is 0. The minimum absolute atomic E-state index is 0.0812. The quantitative estimate of drug-likeness (QED) is 0.707. The first-order chi connectivity index (χ1) is 12.2. The van der Waals surface area contributed by atoms with Gasteiger partial charge < -0.3 is 20.5 Å². The van der Waals surface area contributed by atoms with Crippen LogP contribution in [0, 0.1) is 0 Å². The van der Waals surface area contributed by atoms with E-state index in [1.807, 2.05) is 0 Å². The lowest BCUT2D eigenvalue weighted by Crippen LogP contribution is -2.49. The number of amides is 2. The third kappa shape index (κ3) is 4.27. The number of urea groups is 1. The van der Waals surface area contributed by atoms with Gasteiger partial charge in [0, 0.05) is 17.3 Å². The molecule has 26 heavy (non-hydrogen) atoms. The molecular weight excluding hydrogens is 353 g/mol. The topological polar surface area (TPSA) is 87.7 Å². The number of nitrogens with one attached hydrogen (secondary N) is 2. The number of carbonyl (C=O) groups is 2. The van der Waals surface area contributed by atoms with E-state index in [2.05, 4.69) is 15.4 Å². The second-order valence-corrected chi connectivity index (χ2v) is 6.21. The number of halogens is 3. The van der Waals surface area contributed by atoms with Gasteiger partial charge in [0.25, 0.3) is 5.60 Å². The number of hydrogen-bond acceptors (Lipinski definition) is 4. The Morgan fingerprint density at radius 3 is 2.19 bits per heavy atom. The molecule has 2 amide bonds. The van der Waals surface area contributed by atoms with E-state index in [9.17, 15) is 27.9 Å². The van der Waals surface area contributed by atoms with Crippen LogP contribution in [0.4, 0.5) is 23.7 Å². The Labute approximate surface area is 148 Å². The normalized spacial score (nSPS) is 17.9. The average molecular weight is 374 g/mol. The second kappa shape index (κ2) is 7.94. The number of alkyl halides is 3. The molecule has 1 aliphatic rings. The summed E-state index contributed by atoms with van der Waals surface area (Å²) in [6.07, 6.45) is -0.239. The first kappa shape index (κ1) is 20.0. The predicted octanol–water partition coefficient (Wildman–Crippen LogP) is 3.06. The fourth-order valence-corrected chi connectivity index (χ4v) is 2.94. The summed E-state index contributed by atoms with van der Waals surface area (Å²) in [7, 11) is 0.755. The molecule has 1 aromatic rings. The fraction of sp³-hybridized carbons (Fsp3) is 0.529. The molecule has 144 valence electrons. The summed E-state index contributed by atoms with van der Waals surface area (Å²) in [5.41, 5.74) is -4.24. The molecule has 0 saturated heterocycles. The number of ether oxygens (including phenoxy) is 1. The third-order valence-electron chi connectivity index (χ3n) is 4.39. The van der Waals surface area contributed by atoms with Crippen LogP contribution in [0.2, 0.25) is 0 Å². The van der Waals surface area contributed by atoms with Gasteiger partial charge in [0.2, 0.25) is 0 Å². The number of rotatable bonds is 4. The van der Waals surface area contributed by atoms with Gasteiger partial charge in [0.15, 0.2) is 0 Å². The molecule has 0 heterocycles. The Balaban J connectivity index is 2.08. The van der Waals surface area contributed by atoms with Gasteiger partial charge in [0.05, 0.1) is 7.11 Å². The smallest absolute Gasteiger partial charge is 0.432 e. The van der Waals surface area contributed by atoms with Crippen LogP contribution in [0.5, 0.6) is 0 Å². The number of benzene rings is 1. The Hall–Kier alpha value is -2.29. The zero-order valence-electron chi connectivity index (χ0n) is 14.2. The fourth-order valence-electron chi connectivity index (χ4n) is 2.94. The highest BCUT2D eigenvalue weighted by Gasteiger charge is 2.62. The van der Waals surface area contributed by atoms with Crippen molar-refractivity contribution >= 4 is 17.7 Å². The molecule has 0 aliphatic heterocycles. The van der Waals surface area contributed by atoms with E-state index in [0.717, 1.165) is 51.3 Å². The average Bonchev–Trinajstić information content (AvgIpc) is 2.60. The zero-order valence-corrected chi connectivity index (χ0v) is 14.2. The zero-order chi connectivity index (χ0) is 19.4. The van der Waals surface area contributed by atoms with Crippen LogP contribution in [-0.2, 0) is 15.1 Å². The molecule has 1 fully saturated rings. The van der Waals surface area contributed by atoms with E-state index < -0.39 is 29.3 Å². The van der Waals surface area contributed by atoms with Gasteiger partial charge in [-0.1, -0.05) is 31.4 Å². The number of aliphatic hydroxyl groups is 1. The van der Waals surface area contributed by atoms with Gasteiger partial charge in [-0.25, -0.2) is 9.59 Å². The number of carbonyl (C=O) groups excluding carboxylic acids is 2. The molecule has 6 nitrogen and oxygen atoms in total. The minimum atomic E-state index is -5.26. The van der Waals surface area contributed by atoms with Gasteiger partial charge >= 0.3 is 18.2 Å². The van der Waals surface area contributed by atoms with Crippen LogP contribution in [0.25, 0.3) is 0 Å².